The van der Waals surface area contributed by atoms with Gasteiger partial charge in [0.05, 0.1) is 22.0 Å². The minimum Gasteiger partial charge on any atom is -0.366 e. The molecule has 0 bridgehead atoms. The van der Waals surface area contributed by atoms with Crippen molar-refractivity contribution < 1.29 is 13.2 Å². The number of aromatic nitrogens is 1. The number of primary amides is 1. The molecule has 0 saturated heterocycles. The number of hydrogen-bond donors (Lipinski definition) is 1. The maximum Gasteiger partial charge on any atom is 0.250 e. The molecular formula is C20H16Cl2N2O3S. The van der Waals surface area contributed by atoms with Crippen LogP contribution in [0.4, 0.5) is 0 Å². The van der Waals surface area contributed by atoms with Gasteiger partial charge in [-0.3, -0.25) is 9.78 Å². The summed E-state index contributed by atoms with van der Waals surface area (Å²) in [7, 11) is -3.34. The average Bonchev–Trinajstić information content (AvgIpc) is 2.62. The lowest BCUT2D eigenvalue weighted by atomic mass is 9.95. The summed E-state index contributed by atoms with van der Waals surface area (Å²) in [5, 5.41) is 0.581. The van der Waals surface area contributed by atoms with E-state index in [1.54, 1.807) is 36.5 Å². The van der Waals surface area contributed by atoms with Gasteiger partial charge in [-0.15, -0.1) is 0 Å². The molecule has 0 spiro atoms. The highest BCUT2D eigenvalue weighted by molar-refractivity contribution is 7.89. The van der Waals surface area contributed by atoms with Crippen molar-refractivity contribution in [2.45, 2.75) is 5.75 Å². The largest absolute Gasteiger partial charge is 0.366 e. The Morgan fingerprint density at radius 2 is 1.86 bits per heavy atom. The fourth-order valence-corrected chi connectivity index (χ4v) is 4.33. The number of rotatable bonds is 5. The van der Waals surface area contributed by atoms with Crippen molar-refractivity contribution in [3.8, 4) is 22.4 Å². The third-order valence-electron chi connectivity index (χ3n) is 4.11. The van der Waals surface area contributed by atoms with Crippen LogP contribution in [0.25, 0.3) is 22.4 Å². The van der Waals surface area contributed by atoms with Crippen molar-refractivity contribution >= 4 is 38.9 Å². The van der Waals surface area contributed by atoms with E-state index < -0.39 is 15.7 Å². The minimum atomic E-state index is -3.34. The van der Waals surface area contributed by atoms with Crippen molar-refractivity contribution in [3.63, 3.8) is 0 Å². The van der Waals surface area contributed by atoms with Crippen LogP contribution in [0.1, 0.15) is 15.9 Å². The Balaban J connectivity index is 2.27. The molecule has 2 N–H and O–H groups in total. The second-order valence-electron chi connectivity index (χ2n) is 6.31. The third kappa shape index (κ3) is 4.35. The molecule has 5 nitrogen and oxygen atoms in total. The molecule has 3 aromatic rings. The molecule has 0 unspecified atom stereocenters. The SMILES string of the molecule is CS(=O)(=O)Cc1ccc(C(N)=O)c(Cl)c1-c1ccc(Cl)c(-c2ccccn2)c1. The summed E-state index contributed by atoms with van der Waals surface area (Å²) in [5.41, 5.74) is 8.34. The molecule has 8 heteroatoms. The van der Waals surface area contributed by atoms with E-state index in [4.69, 9.17) is 28.9 Å². The van der Waals surface area contributed by atoms with Crippen LogP contribution in [0.15, 0.2) is 54.7 Å². The number of nitrogens with zero attached hydrogens (tertiary/aromatic N) is 1. The number of halogens is 2. The van der Waals surface area contributed by atoms with E-state index in [0.29, 0.717) is 33.0 Å². The van der Waals surface area contributed by atoms with Gasteiger partial charge >= 0.3 is 0 Å². The first-order valence-corrected chi connectivity index (χ1v) is 11.0. The lowest BCUT2D eigenvalue weighted by Crippen LogP contribution is -2.13. The van der Waals surface area contributed by atoms with Crippen LogP contribution in [-0.2, 0) is 15.6 Å². The van der Waals surface area contributed by atoms with Gasteiger partial charge in [-0.05, 0) is 41.5 Å². The molecule has 2 aromatic carbocycles. The van der Waals surface area contributed by atoms with Crippen LogP contribution in [0.3, 0.4) is 0 Å². The first-order chi connectivity index (χ1) is 13.2. The minimum absolute atomic E-state index is 0.0999. The lowest BCUT2D eigenvalue weighted by molar-refractivity contribution is 0.100. The van der Waals surface area contributed by atoms with E-state index in [0.717, 1.165) is 6.26 Å². The number of carbonyl (C=O) groups excluding carboxylic acids is 1. The second kappa shape index (κ2) is 7.91. The standard InChI is InChI=1S/C20H16Cl2N2O3S/c1-28(26,27)11-13-5-7-14(20(23)25)19(22)18(13)12-6-8-16(21)15(10-12)17-4-2-3-9-24-17/h2-10H,11H2,1H3,(H2,23,25). The molecule has 0 atom stereocenters. The quantitative estimate of drug-likeness (QED) is 0.645. The topological polar surface area (TPSA) is 90.1 Å². The summed E-state index contributed by atoms with van der Waals surface area (Å²) in [6.07, 6.45) is 2.78. The zero-order chi connectivity index (χ0) is 20.5. The molecule has 0 aliphatic carbocycles. The van der Waals surface area contributed by atoms with E-state index in [9.17, 15) is 13.2 Å². The molecule has 0 saturated carbocycles. The molecule has 0 aliphatic rings. The van der Waals surface area contributed by atoms with E-state index in [2.05, 4.69) is 4.98 Å². The highest BCUT2D eigenvalue weighted by Gasteiger charge is 2.20. The highest BCUT2D eigenvalue weighted by atomic mass is 35.5. The summed E-state index contributed by atoms with van der Waals surface area (Å²) in [6.45, 7) is 0. The van der Waals surface area contributed by atoms with Crippen molar-refractivity contribution in [2.24, 2.45) is 5.73 Å². The van der Waals surface area contributed by atoms with Crippen LogP contribution in [0.5, 0.6) is 0 Å². The molecule has 3 rings (SSSR count). The van der Waals surface area contributed by atoms with E-state index in [1.807, 2.05) is 12.1 Å². The van der Waals surface area contributed by atoms with E-state index in [1.165, 1.54) is 6.07 Å². The van der Waals surface area contributed by atoms with Crippen LogP contribution in [0.2, 0.25) is 10.0 Å². The van der Waals surface area contributed by atoms with Crippen LogP contribution < -0.4 is 5.73 Å². The molecule has 1 aromatic heterocycles. The van der Waals surface area contributed by atoms with Crippen LogP contribution >= 0.6 is 23.2 Å². The third-order valence-corrected chi connectivity index (χ3v) is 5.66. The Hall–Kier alpha value is -2.41. The van der Waals surface area contributed by atoms with Crippen molar-refractivity contribution in [2.75, 3.05) is 6.26 Å². The van der Waals surface area contributed by atoms with E-state index >= 15 is 0 Å². The lowest BCUT2D eigenvalue weighted by Gasteiger charge is -2.15. The first kappa shape index (κ1) is 20.3. The molecule has 28 heavy (non-hydrogen) atoms. The first-order valence-electron chi connectivity index (χ1n) is 8.17. The van der Waals surface area contributed by atoms with Gasteiger partial charge in [-0.25, -0.2) is 8.42 Å². The fourth-order valence-electron chi connectivity index (χ4n) is 2.92. The molecular weight excluding hydrogens is 419 g/mol. The predicted molar refractivity (Wildman–Crippen MR) is 112 cm³/mol. The second-order valence-corrected chi connectivity index (χ2v) is 9.23. The smallest absolute Gasteiger partial charge is 0.250 e. The van der Waals surface area contributed by atoms with Crippen LogP contribution in [-0.4, -0.2) is 25.6 Å². The molecule has 1 amide bonds. The highest BCUT2D eigenvalue weighted by Crippen LogP contribution is 2.38. The van der Waals surface area contributed by atoms with Gasteiger partial charge in [0.15, 0.2) is 9.84 Å². The van der Waals surface area contributed by atoms with Crippen molar-refractivity contribution in [3.05, 3.63) is 75.9 Å². The van der Waals surface area contributed by atoms with Gasteiger partial charge in [0.2, 0.25) is 5.91 Å². The Bertz CT molecular complexity index is 1160. The number of amides is 1. The zero-order valence-electron chi connectivity index (χ0n) is 14.8. The molecule has 0 aliphatic heterocycles. The van der Waals surface area contributed by atoms with Crippen molar-refractivity contribution in [1.29, 1.82) is 0 Å². The van der Waals surface area contributed by atoms with E-state index in [-0.39, 0.29) is 16.3 Å². The number of nitrogens with two attached hydrogens (primary N) is 1. The maximum absolute atomic E-state index is 11.9. The Morgan fingerprint density at radius 1 is 1.11 bits per heavy atom. The Labute approximate surface area is 173 Å². The number of carbonyl (C=O) groups is 1. The zero-order valence-corrected chi connectivity index (χ0v) is 17.1. The van der Waals surface area contributed by atoms with Gasteiger partial charge < -0.3 is 5.73 Å². The van der Waals surface area contributed by atoms with Crippen LogP contribution in [0, 0.1) is 0 Å². The Kier molecular flexibility index (Phi) is 5.74. The summed E-state index contributed by atoms with van der Waals surface area (Å²) in [4.78, 5) is 16.0. The summed E-state index contributed by atoms with van der Waals surface area (Å²) < 4.78 is 23.8. The number of benzene rings is 2. The molecule has 1 heterocycles. The summed E-state index contributed by atoms with van der Waals surface area (Å²) in [5.74, 6) is -0.932. The average molecular weight is 435 g/mol. The number of sulfone groups is 1. The summed E-state index contributed by atoms with van der Waals surface area (Å²) in [6, 6.07) is 13.6. The normalized spacial score (nSPS) is 11.4. The number of hydrogen-bond acceptors (Lipinski definition) is 4. The molecule has 0 radical (unpaired) electrons. The van der Waals surface area contributed by atoms with Gasteiger partial charge in [-0.1, -0.05) is 41.4 Å². The monoisotopic (exact) mass is 434 g/mol. The number of pyridine rings is 1. The van der Waals surface area contributed by atoms with Gasteiger partial charge in [0, 0.05) is 28.6 Å². The maximum atomic E-state index is 11.9. The predicted octanol–water partition coefficient (Wildman–Crippen LogP) is 4.37. The molecule has 144 valence electrons. The van der Waals surface area contributed by atoms with Gasteiger partial charge in [-0.2, -0.15) is 0 Å². The summed E-state index contributed by atoms with van der Waals surface area (Å²) >= 11 is 12.8. The fraction of sp³-hybridized carbons (Fsp3) is 0.100. The van der Waals surface area contributed by atoms with Gasteiger partial charge in [0.1, 0.15) is 0 Å². The molecule has 0 fully saturated rings. The Morgan fingerprint density at radius 3 is 2.46 bits per heavy atom. The van der Waals surface area contributed by atoms with Crippen molar-refractivity contribution in [1.82, 2.24) is 4.98 Å². The van der Waals surface area contributed by atoms with Gasteiger partial charge in [0.25, 0.3) is 0 Å².